The van der Waals surface area contributed by atoms with Crippen LogP contribution in [-0.2, 0) is 5.41 Å². The summed E-state index contributed by atoms with van der Waals surface area (Å²) in [5.41, 5.74) is 17.7. The minimum absolute atomic E-state index is 0.000139. The van der Waals surface area contributed by atoms with Gasteiger partial charge in [-0.15, -0.1) is 0 Å². The largest absolute Gasteiger partial charge is 0.0761 e. The molecule has 0 aliphatic heterocycles. The van der Waals surface area contributed by atoms with Crippen molar-refractivity contribution in [2.24, 2.45) is 35.5 Å². The first-order valence-corrected chi connectivity index (χ1v) is 21.8. The molecule has 0 heteroatoms. The second kappa shape index (κ2) is 13.4. The van der Waals surface area contributed by atoms with Crippen molar-refractivity contribution < 1.29 is 0 Å². The quantitative estimate of drug-likeness (QED) is 0.195. The summed E-state index contributed by atoms with van der Waals surface area (Å²) < 4.78 is 0. The van der Waals surface area contributed by atoms with Crippen LogP contribution in [0, 0.1) is 35.5 Å². The summed E-state index contributed by atoms with van der Waals surface area (Å²) in [5.74, 6) is 1.57. The van der Waals surface area contributed by atoms with Crippen LogP contribution in [0.2, 0.25) is 0 Å². The van der Waals surface area contributed by atoms with Crippen LogP contribution in [0.15, 0.2) is 217 Å². The Bertz CT molecular complexity index is 3080. The van der Waals surface area contributed by atoms with Crippen molar-refractivity contribution in [3.63, 3.8) is 0 Å². The third-order valence-electron chi connectivity index (χ3n) is 14.9. The van der Waals surface area contributed by atoms with Crippen molar-refractivity contribution in [2.45, 2.75) is 32.1 Å². The molecule has 4 aromatic carbocycles. The molecule has 0 radical (unpaired) electrons. The summed E-state index contributed by atoms with van der Waals surface area (Å²) in [6, 6.07) is 38.8. The molecule has 4 aromatic rings. The van der Waals surface area contributed by atoms with Crippen LogP contribution < -0.4 is 20.9 Å². The number of fused-ring (bicyclic) bond motifs is 7. The summed E-state index contributed by atoms with van der Waals surface area (Å²) in [5, 5.41) is 5.56. The zero-order valence-corrected chi connectivity index (χ0v) is 33.9. The second-order valence-electron chi connectivity index (χ2n) is 18.1. The van der Waals surface area contributed by atoms with Gasteiger partial charge in [-0.25, -0.2) is 0 Å². The van der Waals surface area contributed by atoms with Crippen molar-refractivity contribution in [3.8, 4) is 0 Å². The Morgan fingerprint density at radius 2 is 0.864 bits per heavy atom. The number of benzene rings is 4. The molecule has 284 valence electrons. The molecule has 0 heterocycles. The number of hydrogen-bond donors (Lipinski definition) is 0. The first kappa shape index (κ1) is 34.8. The smallest absolute Gasteiger partial charge is 0.0155 e. The Morgan fingerprint density at radius 1 is 0.424 bits per heavy atom. The molecule has 8 aliphatic rings. The molecule has 0 saturated carbocycles. The van der Waals surface area contributed by atoms with Crippen LogP contribution >= 0.6 is 0 Å². The highest BCUT2D eigenvalue weighted by Gasteiger charge is 2.43. The minimum Gasteiger partial charge on any atom is -0.0761 e. The first-order valence-electron chi connectivity index (χ1n) is 21.8. The molecule has 6 unspecified atom stereocenters. The molecule has 6 atom stereocenters. The van der Waals surface area contributed by atoms with E-state index in [0.717, 1.165) is 12.8 Å². The lowest BCUT2D eigenvalue weighted by Crippen LogP contribution is -2.43. The first-order chi connectivity index (χ1) is 29.1. The van der Waals surface area contributed by atoms with Crippen LogP contribution in [0.4, 0.5) is 0 Å². The molecule has 8 aliphatic carbocycles. The van der Waals surface area contributed by atoms with E-state index in [1.54, 1.807) is 5.57 Å². The fourth-order valence-electron chi connectivity index (χ4n) is 12.3. The van der Waals surface area contributed by atoms with E-state index in [0.29, 0.717) is 0 Å². The number of allylic oxidation sites excluding steroid dienone is 20. The van der Waals surface area contributed by atoms with E-state index in [1.807, 2.05) is 0 Å². The molecule has 0 bridgehead atoms. The van der Waals surface area contributed by atoms with Gasteiger partial charge < -0.3 is 0 Å². The summed E-state index contributed by atoms with van der Waals surface area (Å²) >= 11 is 0. The summed E-state index contributed by atoms with van der Waals surface area (Å²) in [4.78, 5) is 0. The van der Waals surface area contributed by atoms with E-state index in [4.69, 9.17) is 0 Å². The van der Waals surface area contributed by atoms with Gasteiger partial charge in [-0.3, -0.25) is 0 Å². The van der Waals surface area contributed by atoms with Crippen LogP contribution in [0.3, 0.4) is 0 Å². The monoisotopic (exact) mass is 756 g/mol. The fraction of sp³-hybridized carbons (Fsp3) is 0.186. The van der Waals surface area contributed by atoms with Gasteiger partial charge >= 0.3 is 0 Å². The summed E-state index contributed by atoms with van der Waals surface area (Å²) in [6.45, 7) is 4.86. The Labute approximate surface area is 348 Å². The van der Waals surface area contributed by atoms with Gasteiger partial charge in [0, 0.05) is 40.9 Å². The van der Waals surface area contributed by atoms with Crippen molar-refractivity contribution >= 4 is 27.9 Å². The predicted molar refractivity (Wildman–Crippen MR) is 246 cm³/mol. The number of hydrogen-bond acceptors (Lipinski definition) is 0. The third-order valence-corrected chi connectivity index (χ3v) is 14.9. The maximum absolute atomic E-state index is 2.61. The van der Waals surface area contributed by atoms with E-state index < -0.39 is 0 Å². The fourth-order valence-corrected chi connectivity index (χ4v) is 12.3. The topological polar surface area (TPSA) is 0 Å². The lowest BCUT2D eigenvalue weighted by Gasteiger charge is -2.42. The van der Waals surface area contributed by atoms with E-state index >= 15 is 0 Å². The molecule has 0 spiro atoms. The van der Waals surface area contributed by atoms with Gasteiger partial charge in [0.25, 0.3) is 0 Å². The van der Waals surface area contributed by atoms with E-state index in [1.165, 1.54) is 82.1 Å². The normalized spacial score (nSPS) is 27.5. The predicted octanol–water partition coefficient (Wildman–Crippen LogP) is 10.5. The van der Waals surface area contributed by atoms with E-state index in [2.05, 4.69) is 208 Å². The van der Waals surface area contributed by atoms with Crippen molar-refractivity contribution in [1.29, 1.82) is 0 Å². The highest BCUT2D eigenvalue weighted by Crippen LogP contribution is 2.54. The van der Waals surface area contributed by atoms with Gasteiger partial charge in [-0.1, -0.05) is 208 Å². The molecule has 12 rings (SSSR count). The van der Waals surface area contributed by atoms with Gasteiger partial charge in [0.2, 0.25) is 0 Å². The zero-order chi connectivity index (χ0) is 39.2. The standard InChI is InChI=1S/C59H48/c1-59(2)53-31-17-16-22-41(53)42-33-32-38(36-54(42)59)56-45-25-10-14-29-49(45)58(50-30-15-11-26-46(50)56)52-35-34-51(39-20-6-7-21-40(39)52)57-47-27-12-8-23-43(47)55(37-18-4-3-5-19-37)44-24-9-13-28-48(44)57/h3-31,34-36,39-40,43,45,47,49H,32-33H2,1-2H3. The maximum atomic E-state index is 2.61. The SMILES string of the molecule is CC1(C)C2=C(CCC(C3=c4ccccc4=C(C4=CC=C(C5=c6ccccc6=C(c6ccccc6)C6C=CC=CC56)C5C=CC=CC45)C4C=CC=CC34)=C2)c2ccccc21. The van der Waals surface area contributed by atoms with Gasteiger partial charge in [0.15, 0.2) is 0 Å². The van der Waals surface area contributed by atoms with Crippen LogP contribution in [0.1, 0.15) is 43.4 Å². The van der Waals surface area contributed by atoms with Crippen molar-refractivity contribution in [2.75, 3.05) is 0 Å². The lowest BCUT2D eigenvalue weighted by molar-refractivity contribution is 0.582. The number of rotatable bonds is 4. The highest BCUT2D eigenvalue weighted by molar-refractivity contribution is 5.89. The molecule has 0 amide bonds. The molecule has 0 N–H and O–H groups in total. The molecule has 59 heavy (non-hydrogen) atoms. The lowest BCUT2D eigenvalue weighted by atomic mass is 9.61. The van der Waals surface area contributed by atoms with Crippen molar-refractivity contribution in [3.05, 3.63) is 254 Å². The third kappa shape index (κ3) is 5.15. The Kier molecular flexibility index (Phi) is 7.90. The molecule has 0 nitrogen and oxygen atoms in total. The minimum atomic E-state index is -0.000139. The van der Waals surface area contributed by atoms with Crippen LogP contribution in [0.5, 0.6) is 0 Å². The molecular formula is C59H48. The van der Waals surface area contributed by atoms with E-state index in [9.17, 15) is 0 Å². The summed E-state index contributed by atoms with van der Waals surface area (Å²) in [7, 11) is 0. The van der Waals surface area contributed by atoms with Crippen molar-refractivity contribution in [1.82, 2.24) is 0 Å². The summed E-state index contributed by atoms with van der Waals surface area (Å²) in [6.07, 6.45) is 38.5. The second-order valence-corrected chi connectivity index (χ2v) is 18.1. The zero-order valence-electron chi connectivity index (χ0n) is 33.9. The maximum Gasteiger partial charge on any atom is 0.0155 e. The van der Waals surface area contributed by atoms with Crippen LogP contribution in [0.25, 0.3) is 27.9 Å². The average Bonchev–Trinajstić information content (AvgIpc) is 3.52. The molecule has 0 fully saturated rings. The van der Waals surface area contributed by atoms with Gasteiger partial charge in [-0.2, -0.15) is 0 Å². The Balaban J connectivity index is 1.08. The Hall–Kier alpha value is -6.24. The Morgan fingerprint density at radius 3 is 1.44 bits per heavy atom. The van der Waals surface area contributed by atoms with Gasteiger partial charge in [-0.05, 0) is 101 Å². The van der Waals surface area contributed by atoms with E-state index in [-0.39, 0.29) is 40.9 Å². The average molecular weight is 757 g/mol. The molecular weight excluding hydrogens is 709 g/mol. The molecule has 0 aromatic heterocycles. The highest BCUT2D eigenvalue weighted by atomic mass is 14.5. The van der Waals surface area contributed by atoms with Gasteiger partial charge in [0.05, 0.1) is 0 Å². The van der Waals surface area contributed by atoms with Crippen LogP contribution in [-0.4, -0.2) is 0 Å². The molecule has 0 saturated heterocycles. The van der Waals surface area contributed by atoms with Gasteiger partial charge in [0.1, 0.15) is 0 Å².